The highest BCUT2D eigenvalue weighted by Gasteiger charge is 2.24. The predicted molar refractivity (Wildman–Crippen MR) is 98.0 cm³/mol. The van der Waals surface area contributed by atoms with E-state index in [1.807, 2.05) is 25.1 Å². The van der Waals surface area contributed by atoms with Crippen molar-refractivity contribution in [1.29, 1.82) is 0 Å². The van der Waals surface area contributed by atoms with E-state index in [4.69, 9.17) is 0 Å². The fraction of sp³-hybridized carbons (Fsp3) is 0.500. The van der Waals surface area contributed by atoms with Gasteiger partial charge in [0.1, 0.15) is 0 Å². The molecule has 0 aliphatic carbocycles. The van der Waals surface area contributed by atoms with Crippen LogP contribution < -0.4 is 16.0 Å². The molecule has 1 saturated heterocycles. The van der Waals surface area contributed by atoms with Crippen molar-refractivity contribution in [2.24, 2.45) is 5.92 Å². The molecule has 0 saturated carbocycles. The lowest BCUT2D eigenvalue weighted by molar-refractivity contribution is -0.128. The van der Waals surface area contributed by atoms with Crippen molar-refractivity contribution in [3.05, 3.63) is 28.2 Å². The Labute approximate surface area is 151 Å². The van der Waals surface area contributed by atoms with E-state index in [0.29, 0.717) is 6.04 Å². The summed E-state index contributed by atoms with van der Waals surface area (Å²) in [5, 5.41) is 8.87. The largest absolute Gasteiger partial charge is 0.347 e. The van der Waals surface area contributed by atoms with Gasteiger partial charge in [-0.25, -0.2) is 0 Å². The maximum atomic E-state index is 12.1. The minimum Gasteiger partial charge on any atom is -0.347 e. The summed E-state index contributed by atoms with van der Waals surface area (Å²) < 4.78 is 0.904. The highest BCUT2D eigenvalue weighted by Crippen LogP contribution is 2.20. The normalized spacial score (nSPS) is 20.3. The lowest BCUT2D eigenvalue weighted by Gasteiger charge is -2.27. The van der Waals surface area contributed by atoms with Crippen LogP contribution in [0.1, 0.15) is 25.3 Å². The quantitative estimate of drug-likeness (QED) is 0.722. The van der Waals surface area contributed by atoms with Crippen molar-refractivity contribution in [3.8, 4) is 0 Å². The summed E-state index contributed by atoms with van der Waals surface area (Å²) in [6.45, 7) is 4.85. The number of carbonyl (C=O) groups excluding carboxylic acids is 2. The lowest BCUT2D eigenvalue weighted by Crippen LogP contribution is -2.44. The second-order valence-corrected chi connectivity index (χ2v) is 6.72. The summed E-state index contributed by atoms with van der Waals surface area (Å²) in [4.78, 5) is 24.1. The molecule has 23 heavy (non-hydrogen) atoms. The molecular formula is C16H23BrClN3O2. The van der Waals surface area contributed by atoms with Gasteiger partial charge in [-0.15, -0.1) is 12.4 Å². The molecular weight excluding hydrogens is 382 g/mol. The minimum absolute atomic E-state index is 0. The molecule has 7 heteroatoms. The summed E-state index contributed by atoms with van der Waals surface area (Å²) >= 11 is 3.38. The van der Waals surface area contributed by atoms with Crippen LogP contribution in [-0.2, 0) is 9.59 Å². The number of aryl methyl sites for hydroxylation is 1. The maximum absolute atomic E-state index is 12.1. The summed E-state index contributed by atoms with van der Waals surface area (Å²) in [5.41, 5.74) is 1.74. The highest BCUT2D eigenvalue weighted by molar-refractivity contribution is 9.10. The van der Waals surface area contributed by atoms with Crippen LogP contribution in [0.25, 0.3) is 0 Å². The Bertz CT molecular complexity index is 568. The first-order valence-corrected chi connectivity index (χ1v) is 8.32. The van der Waals surface area contributed by atoms with Crippen molar-refractivity contribution in [3.63, 3.8) is 0 Å². The van der Waals surface area contributed by atoms with Gasteiger partial charge in [-0.3, -0.25) is 9.59 Å². The third kappa shape index (κ3) is 6.12. The summed E-state index contributed by atoms with van der Waals surface area (Å²) in [7, 11) is 0. The molecule has 0 unspecified atom stereocenters. The van der Waals surface area contributed by atoms with Crippen molar-refractivity contribution in [2.75, 3.05) is 18.4 Å². The van der Waals surface area contributed by atoms with Gasteiger partial charge in [0.15, 0.2) is 0 Å². The Balaban J connectivity index is 0.00000264. The van der Waals surface area contributed by atoms with Crippen molar-refractivity contribution >= 4 is 45.8 Å². The number of anilines is 1. The number of hydrogen-bond donors (Lipinski definition) is 3. The van der Waals surface area contributed by atoms with Crippen LogP contribution in [0.2, 0.25) is 0 Å². The average Bonchev–Trinajstić information content (AvgIpc) is 2.48. The number of piperidine rings is 1. The van der Waals surface area contributed by atoms with Crippen LogP contribution in [-0.4, -0.2) is 30.9 Å². The minimum atomic E-state index is -0.212. The number of amides is 2. The SMILES string of the molecule is Cc1ccc(Br)cc1NC(=O)CNC(=O)[C@H]1CCN[C@@H](C)C1.Cl. The Morgan fingerprint density at radius 1 is 1.39 bits per heavy atom. The van der Waals surface area contributed by atoms with Gasteiger partial charge in [0.2, 0.25) is 11.8 Å². The molecule has 1 aliphatic heterocycles. The molecule has 0 spiro atoms. The van der Waals surface area contributed by atoms with Gasteiger partial charge < -0.3 is 16.0 Å². The molecule has 1 aromatic carbocycles. The molecule has 0 aromatic heterocycles. The Hall–Kier alpha value is -1.11. The molecule has 3 N–H and O–H groups in total. The Morgan fingerprint density at radius 3 is 2.83 bits per heavy atom. The number of nitrogens with one attached hydrogen (secondary N) is 3. The molecule has 5 nitrogen and oxygen atoms in total. The first kappa shape index (κ1) is 19.9. The Morgan fingerprint density at radius 2 is 2.13 bits per heavy atom. The second-order valence-electron chi connectivity index (χ2n) is 5.80. The first-order valence-electron chi connectivity index (χ1n) is 7.53. The smallest absolute Gasteiger partial charge is 0.243 e. The van der Waals surface area contributed by atoms with Gasteiger partial charge in [0, 0.05) is 22.1 Å². The van der Waals surface area contributed by atoms with E-state index in [1.54, 1.807) is 0 Å². The van der Waals surface area contributed by atoms with E-state index in [2.05, 4.69) is 38.8 Å². The van der Waals surface area contributed by atoms with Crippen LogP contribution in [0.5, 0.6) is 0 Å². The van der Waals surface area contributed by atoms with Crippen LogP contribution >= 0.6 is 28.3 Å². The van der Waals surface area contributed by atoms with Gasteiger partial charge in [0.05, 0.1) is 6.54 Å². The Kier molecular flexibility index (Phi) is 8.02. The van der Waals surface area contributed by atoms with Gasteiger partial charge in [-0.2, -0.15) is 0 Å². The fourth-order valence-corrected chi connectivity index (χ4v) is 2.97. The maximum Gasteiger partial charge on any atom is 0.243 e. The second kappa shape index (κ2) is 9.25. The molecule has 1 fully saturated rings. The predicted octanol–water partition coefficient (Wildman–Crippen LogP) is 2.62. The van der Waals surface area contributed by atoms with Crippen molar-refractivity contribution in [1.82, 2.24) is 10.6 Å². The van der Waals surface area contributed by atoms with Crippen molar-refractivity contribution in [2.45, 2.75) is 32.7 Å². The van der Waals surface area contributed by atoms with Crippen LogP contribution in [0.15, 0.2) is 22.7 Å². The van der Waals surface area contributed by atoms with E-state index in [-0.39, 0.29) is 36.7 Å². The standard InChI is InChI=1S/C16H22BrN3O2.ClH/c1-10-3-4-13(17)8-14(10)20-15(21)9-19-16(22)12-5-6-18-11(2)7-12;/h3-4,8,11-12,18H,5-7,9H2,1-2H3,(H,19,22)(H,20,21);1H/t11-,12-;/m0./s1. The number of carbonyl (C=O) groups is 2. The number of hydrogen-bond acceptors (Lipinski definition) is 3. The zero-order valence-electron chi connectivity index (χ0n) is 13.3. The van der Waals surface area contributed by atoms with E-state index in [1.165, 1.54) is 0 Å². The topological polar surface area (TPSA) is 70.2 Å². The average molecular weight is 405 g/mol. The number of rotatable bonds is 4. The van der Waals surface area contributed by atoms with Crippen LogP contribution in [0, 0.1) is 12.8 Å². The monoisotopic (exact) mass is 403 g/mol. The van der Waals surface area contributed by atoms with Gasteiger partial charge in [-0.1, -0.05) is 22.0 Å². The summed E-state index contributed by atoms with van der Waals surface area (Å²) in [6, 6.07) is 6.05. The molecule has 2 atom stereocenters. The van der Waals surface area contributed by atoms with Gasteiger partial charge in [0.25, 0.3) is 0 Å². The molecule has 1 aromatic rings. The molecule has 1 heterocycles. The van der Waals surface area contributed by atoms with E-state index >= 15 is 0 Å². The number of benzene rings is 1. The summed E-state index contributed by atoms with van der Waals surface area (Å²) in [6.07, 6.45) is 1.64. The van der Waals surface area contributed by atoms with E-state index < -0.39 is 0 Å². The zero-order valence-corrected chi connectivity index (χ0v) is 15.7. The molecule has 1 aliphatic rings. The highest BCUT2D eigenvalue weighted by atomic mass is 79.9. The molecule has 128 valence electrons. The molecule has 2 rings (SSSR count). The first-order chi connectivity index (χ1) is 10.5. The molecule has 2 amide bonds. The lowest BCUT2D eigenvalue weighted by atomic mass is 9.92. The van der Waals surface area contributed by atoms with E-state index in [9.17, 15) is 9.59 Å². The van der Waals surface area contributed by atoms with Crippen LogP contribution in [0.3, 0.4) is 0 Å². The third-order valence-corrected chi connectivity index (χ3v) is 4.38. The van der Waals surface area contributed by atoms with E-state index in [0.717, 1.165) is 35.1 Å². The van der Waals surface area contributed by atoms with Gasteiger partial charge >= 0.3 is 0 Å². The van der Waals surface area contributed by atoms with Crippen molar-refractivity contribution < 1.29 is 9.59 Å². The van der Waals surface area contributed by atoms with Gasteiger partial charge in [-0.05, 0) is 50.9 Å². The zero-order chi connectivity index (χ0) is 16.1. The molecule has 0 radical (unpaired) electrons. The fourth-order valence-electron chi connectivity index (χ4n) is 2.61. The third-order valence-electron chi connectivity index (χ3n) is 3.89. The number of halogens is 2. The van der Waals surface area contributed by atoms with Crippen LogP contribution in [0.4, 0.5) is 5.69 Å². The summed E-state index contributed by atoms with van der Waals surface area (Å²) in [5.74, 6) is -0.248. The molecule has 0 bridgehead atoms.